The van der Waals surface area contributed by atoms with E-state index in [0.29, 0.717) is 0 Å². The van der Waals surface area contributed by atoms with Crippen LogP contribution in [0.5, 0.6) is 0 Å². The van der Waals surface area contributed by atoms with Crippen LogP contribution in [0, 0.1) is 0 Å². The van der Waals surface area contributed by atoms with Crippen molar-refractivity contribution in [2.45, 2.75) is 0 Å². The Morgan fingerprint density at radius 3 is 1.25 bits per heavy atom. The molecule has 2 aliphatic heterocycles. The highest BCUT2D eigenvalue weighted by Gasteiger charge is 2.42. The Morgan fingerprint density at radius 1 is 0.224 bits per heavy atom. The van der Waals surface area contributed by atoms with Crippen LogP contribution in [0.2, 0.25) is 0 Å². The lowest BCUT2D eigenvalue weighted by Gasteiger charge is -2.34. The summed E-state index contributed by atoms with van der Waals surface area (Å²) in [6, 6.07) is 105. The monoisotopic (exact) mass is 1070 g/mol. The van der Waals surface area contributed by atoms with Crippen LogP contribution in [0.1, 0.15) is 0 Å². The maximum absolute atomic E-state index is 2.69. The highest BCUT2D eigenvalue weighted by atomic mass is 15.0. The zero-order chi connectivity index (χ0) is 54.9. The fourth-order valence-electron chi connectivity index (χ4n) is 16.8. The maximum atomic E-state index is 2.69. The SMILES string of the molecule is c1cc2c3c(c1)-n1c4cc5c6ccccc6c6ccccc6c5cc4c4c5c6ccccc6c6ccccc6c5cc(c41)B3c1cc(-c3cc4ccccc4c4ccccc34)cc3c4cc(-c5cc6ccccc6c6ccccc56)ccc4n-2c13. The smallest absolute Gasteiger partial charge is 0.252 e. The molecule has 0 saturated carbocycles. The summed E-state index contributed by atoms with van der Waals surface area (Å²) in [5, 5.41) is 30.7. The van der Waals surface area contributed by atoms with Crippen LogP contribution < -0.4 is 16.4 Å². The Labute approximate surface area is 487 Å². The molecule has 0 saturated heterocycles. The molecule has 17 aromatic carbocycles. The Balaban J connectivity index is 0.960. The van der Waals surface area contributed by atoms with E-state index in [1.54, 1.807) is 0 Å². The molecule has 2 aromatic heterocycles. The van der Waals surface area contributed by atoms with Crippen molar-refractivity contribution in [3.63, 3.8) is 0 Å². The molecule has 2 aliphatic rings. The van der Waals surface area contributed by atoms with Crippen molar-refractivity contribution < 1.29 is 0 Å². The van der Waals surface area contributed by atoms with Gasteiger partial charge in [-0.1, -0.05) is 218 Å². The minimum Gasteiger partial charge on any atom is -0.310 e. The Bertz CT molecular complexity index is 6350. The fraction of sp³-hybridized carbons (Fsp3) is 0. The maximum Gasteiger partial charge on any atom is 0.252 e. The normalized spacial score (nSPS) is 12.9. The first-order chi connectivity index (χ1) is 42.2. The molecule has 85 heavy (non-hydrogen) atoms. The first-order valence-corrected chi connectivity index (χ1v) is 29.8. The van der Waals surface area contributed by atoms with Crippen LogP contribution in [0.25, 0.3) is 185 Å². The van der Waals surface area contributed by atoms with Gasteiger partial charge in [-0.15, -0.1) is 0 Å². The van der Waals surface area contributed by atoms with Gasteiger partial charge in [-0.25, -0.2) is 0 Å². The van der Waals surface area contributed by atoms with Gasteiger partial charge in [0.1, 0.15) is 0 Å². The van der Waals surface area contributed by atoms with E-state index in [1.165, 1.54) is 201 Å². The molecule has 386 valence electrons. The summed E-state index contributed by atoms with van der Waals surface area (Å²) in [6.45, 7) is -0.105. The van der Waals surface area contributed by atoms with Crippen molar-refractivity contribution in [2.75, 3.05) is 0 Å². The van der Waals surface area contributed by atoms with Crippen LogP contribution in [-0.4, -0.2) is 15.8 Å². The van der Waals surface area contributed by atoms with Crippen molar-refractivity contribution >= 4 is 174 Å². The summed E-state index contributed by atoms with van der Waals surface area (Å²) < 4.78 is 5.34. The van der Waals surface area contributed by atoms with E-state index in [2.05, 4.69) is 282 Å². The van der Waals surface area contributed by atoms with Crippen LogP contribution in [0.15, 0.2) is 273 Å². The van der Waals surface area contributed by atoms with Crippen LogP contribution >= 0.6 is 0 Å². The lowest BCUT2D eigenvalue weighted by Crippen LogP contribution is -2.59. The van der Waals surface area contributed by atoms with E-state index in [1.807, 2.05) is 0 Å². The van der Waals surface area contributed by atoms with Gasteiger partial charge in [-0.3, -0.25) is 0 Å². The van der Waals surface area contributed by atoms with Crippen molar-refractivity contribution in [2.24, 2.45) is 0 Å². The molecular weight excluding hydrogens is 1020 g/mol. The van der Waals surface area contributed by atoms with Gasteiger partial charge in [0.05, 0.1) is 16.6 Å². The van der Waals surface area contributed by atoms with Crippen LogP contribution in [-0.2, 0) is 0 Å². The lowest BCUT2D eigenvalue weighted by atomic mass is 9.34. The number of nitrogens with zero attached hydrogens (tertiary/aromatic N) is 2. The number of benzene rings is 17. The van der Waals surface area contributed by atoms with E-state index in [0.717, 1.165) is 0 Å². The minimum atomic E-state index is -0.105. The second kappa shape index (κ2) is 16.0. The molecule has 0 N–H and O–H groups in total. The largest absolute Gasteiger partial charge is 0.310 e. The average Bonchev–Trinajstić information content (AvgIpc) is 1.75. The molecule has 3 heteroatoms. The van der Waals surface area contributed by atoms with Gasteiger partial charge < -0.3 is 9.13 Å². The Kier molecular flexibility index (Phi) is 8.38. The van der Waals surface area contributed by atoms with Crippen molar-refractivity contribution in [1.29, 1.82) is 0 Å². The van der Waals surface area contributed by atoms with Crippen molar-refractivity contribution in [1.82, 2.24) is 9.13 Å². The molecule has 0 spiro atoms. The molecule has 0 unspecified atom stereocenters. The van der Waals surface area contributed by atoms with E-state index in [4.69, 9.17) is 0 Å². The second-order valence-corrected chi connectivity index (χ2v) is 24.1. The highest BCUT2D eigenvalue weighted by Crippen LogP contribution is 2.49. The topological polar surface area (TPSA) is 9.86 Å². The standard InChI is InChI=1S/C82H45BN2/c1-3-20-50-46(18-1)38-64(58-28-10-5-22-52(50)58)48-36-37-74-68(40-48)70-41-49(65-39-47-19-2-4-21-51(47)53-23-6-11-29-59(53)65)42-72-81(70)84(74)75-34-17-35-76-80(75)83(72)73-44-69-62-32-14-9-26-56(62)57-27-15-16-33-63(57)78(69)79-71-43-66-60-30-12-7-24-54(60)55-25-8-13-31-61(55)67(66)45-77(71)85(76)82(73)79/h1-45H. The highest BCUT2D eigenvalue weighted by molar-refractivity contribution is 7.00. The number of rotatable bonds is 2. The summed E-state index contributed by atoms with van der Waals surface area (Å²) in [6.07, 6.45) is 0. The summed E-state index contributed by atoms with van der Waals surface area (Å²) in [4.78, 5) is 0. The zero-order valence-corrected chi connectivity index (χ0v) is 46.0. The predicted molar refractivity (Wildman–Crippen MR) is 366 cm³/mol. The van der Waals surface area contributed by atoms with E-state index in [9.17, 15) is 0 Å². The summed E-state index contributed by atoms with van der Waals surface area (Å²) in [7, 11) is 0. The van der Waals surface area contributed by atoms with Gasteiger partial charge in [-0.05, 0) is 196 Å². The Morgan fingerprint density at radius 2 is 0.659 bits per heavy atom. The molecule has 0 bridgehead atoms. The second-order valence-electron chi connectivity index (χ2n) is 24.1. The number of aromatic nitrogens is 2. The van der Waals surface area contributed by atoms with E-state index in [-0.39, 0.29) is 6.71 Å². The molecule has 21 rings (SSSR count). The molecular formula is C82H45BN2. The first-order valence-electron chi connectivity index (χ1n) is 29.8. The number of fused-ring (bicyclic) bond motifs is 29. The third-order valence-corrected chi connectivity index (χ3v) is 20.1. The van der Waals surface area contributed by atoms with Gasteiger partial charge in [0.25, 0.3) is 6.71 Å². The summed E-state index contributed by atoms with van der Waals surface area (Å²) >= 11 is 0. The predicted octanol–water partition coefficient (Wildman–Crippen LogP) is 19.9. The van der Waals surface area contributed by atoms with Gasteiger partial charge in [-0.2, -0.15) is 0 Å². The number of hydrogen-bond donors (Lipinski definition) is 0. The first kappa shape index (κ1) is 44.6. The molecule has 0 atom stereocenters. The molecule has 19 aromatic rings. The van der Waals surface area contributed by atoms with Crippen molar-refractivity contribution in [3.05, 3.63) is 273 Å². The number of hydrogen-bond acceptors (Lipinski definition) is 0. The van der Waals surface area contributed by atoms with Gasteiger partial charge >= 0.3 is 0 Å². The fourth-order valence-corrected chi connectivity index (χ4v) is 16.8. The van der Waals surface area contributed by atoms with Crippen molar-refractivity contribution in [3.8, 4) is 33.6 Å². The third kappa shape index (κ3) is 5.62. The van der Waals surface area contributed by atoms with Gasteiger partial charge in [0.2, 0.25) is 0 Å². The van der Waals surface area contributed by atoms with Crippen LogP contribution in [0.4, 0.5) is 0 Å². The van der Waals surface area contributed by atoms with E-state index < -0.39 is 0 Å². The Hall–Kier alpha value is -11.0. The zero-order valence-electron chi connectivity index (χ0n) is 46.0. The lowest BCUT2D eigenvalue weighted by molar-refractivity contribution is 1.14. The third-order valence-electron chi connectivity index (χ3n) is 20.1. The van der Waals surface area contributed by atoms with Crippen LogP contribution in [0.3, 0.4) is 0 Å². The molecule has 0 amide bonds. The molecule has 2 nitrogen and oxygen atoms in total. The van der Waals surface area contributed by atoms with Gasteiger partial charge in [0.15, 0.2) is 0 Å². The summed E-state index contributed by atoms with van der Waals surface area (Å²) in [5.41, 5.74) is 16.5. The minimum absolute atomic E-state index is 0.105. The molecule has 0 fully saturated rings. The molecule has 4 heterocycles. The van der Waals surface area contributed by atoms with E-state index >= 15 is 0 Å². The average molecular weight is 1070 g/mol. The molecule has 0 aliphatic carbocycles. The summed E-state index contributed by atoms with van der Waals surface area (Å²) in [5.74, 6) is 0. The molecule has 0 radical (unpaired) electrons. The quantitative estimate of drug-likeness (QED) is 0.121. The van der Waals surface area contributed by atoms with Gasteiger partial charge in [0, 0.05) is 43.8 Å².